The van der Waals surface area contributed by atoms with Crippen LogP contribution in [0.3, 0.4) is 0 Å². The number of aromatic nitrogens is 1. The van der Waals surface area contributed by atoms with Gasteiger partial charge in [0.05, 0.1) is 22.7 Å². The zero-order chi connectivity index (χ0) is 17.5. The van der Waals surface area contributed by atoms with Crippen LogP contribution in [0.4, 0.5) is 0 Å². The molecule has 1 heterocycles. The first kappa shape index (κ1) is 14.6. The van der Waals surface area contributed by atoms with Crippen molar-refractivity contribution in [3.63, 3.8) is 0 Å². The Kier molecular flexibility index (Phi) is 3.20. The van der Waals surface area contributed by atoms with Gasteiger partial charge < -0.3 is 0 Å². The van der Waals surface area contributed by atoms with Gasteiger partial charge in [0.2, 0.25) is 0 Å². The average Bonchev–Trinajstić information content (AvgIpc) is 2.70. The van der Waals surface area contributed by atoms with E-state index < -0.39 is 0 Å². The maximum absolute atomic E-state index is 9.22. The van der Waals surface area contributed by atoms with Gasteiger partial charge in [-0.2, -0.15) is 5.26 Å². The lowest BCUT2D eigenvalue weighted by Gasteiger charge is -2.12. The second-order valence-corrected chi connectivity index (χ2v) is 6.41. The lowest BCUT2D eigenvalue weighted by Crippen LogP contribution is -1.90. The van der Waals surface area contributed by atoms with Crippen LogP contribution in [-0.4, -0.2) is 4.98 Å². The van der Waals surface area contributed by atoms with Crippen molar-refractivity contribution in [3.05, 3.63) is 90.5 Å². The van der Waals surface area contributed by atoms with Gasteiger partial charge in [-0.15, -0.1) is 0 Å². The van der Waals surface area contributed by atoms with Crippen molar-refractivity contribution < 1.29 is 0 Å². The maximum Gasteiger partial charge on any atom is 0.0991 e. The van der Waals surface area contributed by atoms with Crippen LogP contribution in [0.25, 0.3) is 43.7 Å². The molecular weight excluding hydrogens is 316 g/mol. The topological polar surface area (TPSA) is 36.7 Å². The molecule has 0 atom stereocenters. The molecule has 0 aliphatic carbocycles. The first-order valence-electron chi connectivity index (χ1n) is 8.55. The Labute approximate surface area is 151 Å². The van der Waals surface area contributed by atoms with Crippen molar-refractivity contribution in [1.82, 2.24) is 4.98 Å². The number of fused-ring (bicyclic) bond motifs is 3. The van der Waals surface area contributed by atoms with E-state index in [1.807, 2.05) is 30.3 Å². The van der Waals surface area contributed by atoms with Crippen molar-refractivity contribution in [2.24, 2.45) is 0 Å². The van der Waals surface area contributed by atoms with Crippen LogP contribution >= 0.6 is 0 Å². The molecule has 0 unspecified atom stereocenters. The summed E-state index contributed by atoms with van der Waals surface area (Å²) in [6, 6.07) is 31.0. The highest BCUT2D eigenvalue weighted by atomic mass is 14.7. The van der Waals surface area contributed by atoms with Gasteiger partial charge in [-0.3, -0.25) is 0 Å². The zero-order valence-corrected chi connectivity index (χ0v) is 14.0. The minimum Gasteiger partial charge on any atom is -0.248 e. The third-order valence-electron chi connectivity index (χ3n) is 4.83. The van der Waals surface area contributed by atoms with E-state index in [9.17, 15) is 5.26 Å². The number of nitriles is 1. The number of pyridine rings is 1. The van der Waals surface area contributed by atoms with E-state index in [1.54, 1.807) is 0 Å². The largest absolute Gasteiger partial charge is 0.248 e. The summed E-state index contributed by atoms with van der Waals surface area (Å²) in [5.41, 5.74) is 5.00. The molecule has 0 spiro atoms. The monoisotopic (exact) mass is 330 g/mol. The summed E-state index contributed by atoms with van der Waals surface area (Å²) in [7, 11) is 0. The molecule has 5 rings (SSSR count). The lowest BCUT2D eigenvalue weighted by molar-refractivity contribution is 1.49. The van der Waals surface area contributed by atoms with Gasteiger partial charge in [-0.05, 0) is 46.7 Å². The Morgan fingerprint density at radius 2 is 1.46 bits per heavy atom. The van der Waals surface area contributed by atoms with E-state index in [1.165, 1.54) is 11.1 Å². The summed E-state index contributed by atoms with van der Waals surface area (Å²) in [5.74, 6) is 0. The molecule has 0 amide bonds. The van der Waals surface area contributed by atoms with Crippen molar-refractivity contribution in [2.45, 2.75) is 0 Å². The van der Waals surface area contributed by atoms with Crippen LogP contribution in [0, 0.1) is 11.3 Å². The summed E-state index contributed by atoms with van der Waals surface area (Å²) < 4.78 is 0. The van der Waals surface area contributed by atoms with Gasteiger partial charge in [0.25, 0.3) is 0 Å². The molecule has 0 N–H and O–H groups in total. The maximum atomic E-state index is 9.22. The molecule has 0 aliphatic heterocycles. The minimum absolute atomic E-state index is 0.673. The van der Waals surface area contributed by atoms with Gasteiger partial charge in [0.15, 0.2) is 0 Å². The predicted molar refractivity (Wildman–Crippen MR) is 107 cm³/mol. The molecule has 0 bridgehead atoms. The average molecular weight is 330 g/mol. The summed E-state index contributed by atoms with van der Waals surface area (Å²) in [5, 5.41) is 13.6. The summed E-state index contributed by atoms with van der Waals surface area (Å²) in [4.78, 5) is 4.89. The Morgan fingerprint density at radius 1 is 0.654 bits per heavy atom. The fourth-order valence-corrected chi connectivity index (χ4v) is 3.62. The third-order valence-corrected chi connectivity index (χ3v) is 4.83. The molecule has 2 heteroatoms. The number of para-hydroxylation sites is 1. The third kappa shape index (κ3) is 2.22. The number of rotatable bonds is 1. The van der Waals surface area contributed by atoms with Crippen LogP contribution in [0.5, 0.6) is 0 Å². The van der Waals surface area contributed by atoms with Crippen molar-refractivity contribution in [2.75, 3.05) is 0 Å². The molecule has 120 valence electrons. The van der Waals surface area contributed by atoms with Gasteiger partial charge in [0.1, 0.15) is 0 Å². The molecule has 0 aliphatic rings. The fraction of sp³-hybridized carbons (Fsp3) is 0. The van der Waals surface area contributed by atoms with E-state index in [4.69, 9.17) is 4.98 Å². The quantitative estimate of drug-likeness (QED) is 0.349. The number of nitrogens with zero attached hydrogens (tertiary/aromatic N) is 2. The molecule has 0 saturated carbocycles. The first-order chi connectivity index (χ1) is 12.8. The molecule has 0 fully saturated rings. The highest BCUT2D eigenvalue weighted by Gasteiger charge is 2.12. The molecule has 5 aromatic rings. The summed E-state index contributed by atoms with van der Waals surface area (Å²) >= 11 is 0. The fourth-order valence-electron chi connectivity index (χ4n) is 3.62. The summed E-state index contributed by atoms with van der Waals surface area (Å²) in [6.45, 7) is 0. The van der Waals surface area contributed by atoms with Gasteiger partial charge in [-0.25, -0.2) is 4.98 Å². The van der Waals surface area contributed by atoms with E-state index in [0.717, 1.165) is 32.6 Å². The van der Waals surface area contributed by atoms with Gasteiger partial charge >= 0.3 is 0 Å². The van der Waals surface area contributed by atoms with E-state index >= 15 is 0 Å². The van der Waals surface area contributed by atoms with Crippen LogP contribution in [-0.2, 0) is 0 Å². The van der Waals surface area contributed by atoms with Gasteiger partial charge in [0, 0.05) is 16.3 Å². The number of hydrogen-bond donors (Lipinski definition) is 0. The second-order valence-electron chi connectivity index (χ2n) is 6.41. The second kappa shape index (κ2) is 5.68. The van der Waals surface area contributed by atoms with Crippen LogP contribution < -0.4 is 0 Å². The highest BCUT2D eigenvalue weighted by Crippen LogP contribution is 2.36. The Morgan fingerprint density at radius 3 is 2.31 bits per heavy atom. The molecule has 4 aromatic carbocycles. The van der Waals surface area contributed by atoms with Gasteiger partial charge in [-0.1, -0.05) is 54.6 Å². The van der Waals surface area contributed by atoms with Crippen molar-refractivity contribution in [3.8, 4) is 17.2 Å². The number of hydrogen-bond acceptors (Lipinski definition) is 2. The lowest BCUT2D eigenvalue weighted by atomic mass is 9.94. The SMILES string of the molecule is N#Cc1ccc2cc3nc4ccccc4c(-c4ccccc4)c3cc2c1. The van der Waals surface area contributed by atoms with Crippen LogP contribution in [0.15, 0.2) is 84.9 Å². The smallest absolute Gasteiger partial charge is 0.0991 e. The Hall–Kier alpha value is -3.70. The predicted octanol–water partition coefficient (Wildman–Crippen LogP) is 6.08. The summed E-state index contributed by atoms with van der Waals surface area (Å²) in [6.07, 6.45) is 0. The number of benzene rings is 4. The van der Waals surface area contributed by atoms with Crippen molar-refractivity contribution in [1.29, 1.82) is 5.26 Å². The normalized spacial score (nSPS) is 11.0. The molecule has 26 heavy (non-hydrogen) atoms. The van der Waals surface area contributed by atoms with Crippen LogP contribution in [0.2, 0.25) is 0 Å². The standard InChI is InChI=1S/C24H14N2/c25-15-16-10-11-18-14-23-21(13-19(18)12-16)24(17-6-2-1-3-7-17)20-8-4-5-9-22(20)26-23/h1-14H. The van der Waals surface area contributed by atoms with E-state index in [2.05, 4.69) is 60.7 Å². The molecule has 0 radical (unpaired) electrons. The molecule has 1 aromatic heterocycles. The molecular formula is C24H14N2. The molecule has 0 saturated heterocycles. The minimum atomic E-state index is 0.673. The highest BCUT2D eigenvalue weighted by molar-refractivity contribution is 6.12. The van der Waals surface area contributed by atoms with Crippen LogP contribution in [0.1, 0.15) is 5.56 Å². The Balaban J connectivity index is 1.99. The zero-order valence-electron chi connectivity index (χ0n) is 14.0. The first-order valence-corrected chi connectivity index (χ1v) is 8.55. The van der Waals surface area contributed by atoms with E-state index in [-0.39, 0.29) is 0 Å². The van der Waals surface area contributed by atoms with E-state index in [0.29, 0.717) is 5.56 Å². The Bertz CT molecular complexity index is 1330. The molecule has 2 nitrogen and oxygen atoms in total. The van der Waals surface area contributed by atoms with Crippen molar-refractivity contribution >= 4 is 32.6 Å².